The van der Waals surface area contributed by atoms with Gasteiger partial charge in [-0.25, -0.2) is 9.37 Å². The van der Waals surface area contributed by atoms with Gasteiger partial charge >= 0.3 is 0 Å². The van der Waals surface area contributed by atoms with E-state index in [0.717, 1.165) is 63.0 Å². The molecule has 0 unspecified atom stereocenters. The van der Waals surface area contributed by atoms with Crippen LogP contribution in [0.3, 0.4) is 0 Å². The third-order valence-electron chi connectivity index (χ3n) is 6.01. The Morgan fingerprint density at radius 2 is 1.83 bits per heavy atom. The second-order valence-corrected chi connectivity index (χ2v) is 8.34. The lowest BCUT2D eigenvalue weighted by atomic mass is 10.0. The number of imidazole rings is 1. The standard InChI is InChI=1S/C27H22FN7/c1-2-29-12-16-10-18(14-30-13-16)23-11-21-24(15-31-23)34-35-26(21)27-32-22-5-3-4-20(25(22)33-27)17-6-8-19(28)9-7-17/h3-11,13-15,29H,2,12H2,1H3,(H,32,33)(H,34,35). The van der Waals surface area contributed by atoms with Crippen molar-refractivity contribution in [2.45, 2.75) is 13.5 Å². The fraction of sp³-hybridized carbons (Fsp3) is 0.111. The fourth-order valence-corrected chi connectivity index (χ4v) is 4.26. The summed E-state index contributed by atoms with van der Waals surface area (Å²) in [4.78, 5) is 17.3. The van der Waals surface area contributed by atoms with Gasteiger partial charge in [-0.2, -0.15) is 5.10 Å². The van der Waals surface area contributed by atoms with Crippen LogP contribution in [-0.2, 0) is 6.54 Å². The highest BCUT2D eigenvalue weighted by Crippen LogP contribution is 2.32. The zero-order valence-electron chi connectivity index (χ0n) is 19.0. The molecular formula is C27H22FN7. The highest BCUT2D eigenvalue weighted by atomic mass is 19.1. The normalized spacial score (nSPS) is 11.5. The number of hydrogen-bond acceptors (Lipinski definition) is 5. The molecule has 6 rings (SSSR count). The number of nitrogens with zero attached hydrogens (tertiary/aromatic N) is 4. The van der Waals surface area contributed by atoms with Crippen molar-refractivity contribution in [2.24, 2.45) is 0 Å². The summed E-state index contributed by atoms with van der Waals surface area (Å²) >= 11 is 0. The lowest BCUT2D eigenvalue weighted by Gasteiger charge is -2.05. The van der Waals surface area contributed by atoms with E-state index in [9.17, 15) is 4.39 Å². The van der Waals surface area contributed by atoms with Crippen LogP contribution < -0.4 is 5.32 Å². The van der Waals surface area contributed by atoms with E-state index in [-0.39, 0.29) is 5.82 Å². The number of para-hydroxylation sites is 1. The van der Waals surface area contributed by atoms with Crippen LogP contribution >= 0.6 is 0 Å². The van der Waals surface area contributed by atoms with Crippen molar-refractivity contribution >= 4 is 21.9 Å². The van der Waals surface area contributed by atoms with Gasteiger partial charge in [0.05, 0.1) is 28.4 Å². The fourth-order valence-electron chi connectivity index (χ4n) is 4.26. The molecule has 0 aliphatic heterocycles. The minimum absolute atomic E-state index is 0.265. The number of H-pyrrole nitrogens is 2. The van der Waals surface area contributed by atoms with E-state index in [1.807, 2.05) is 36.7 Å². The number of nitrogens with one attached hydrogen (secondary N) is 3. The number of aromatic amines is 2. The highest BCUT2D eigenvalue weighted by Gasteiger charge is 2.16. The molecular weight excluding hydrogens is 441 g/mol. The number of hydrogen-bond donors (Lipinski definition) is 3. The van der Waals surface area contributed by atoms with Crippen molar-refractivity contribution in [3.05, 3.63) is 84.6 Å². The first-order chi connectivity index (χ1) is 17.2. The van der Waals surface area contributed by atoms with Crippen molar-refractivity contribution in [3.63, 3.8) is 0 Å². The monoisotopic (exact) mass is 463 g/mol. The molecule has 0 atom stereocenters. The maximum absolute atomic E-state index is 13.4. The quantitative estimate of drug-likeness (QED) is 0.304. The van der Waals surface area contributed by atoms with Gasteiger partial charge in [-0.05, 0) is 48.0 Å². The Labute approximate surface area is 200 Å². The van der Waals surface area contributed by atoms with Crippen LogP contribution in [0.1, 0.15) is 12.5 Å². The molecule has 8 heteroatoms. The van der Waals surface area contributed by atoms with Gasteiger partial charge < -0.3 is 10.3 Å². The topological polar surface area (TPSA) is 95.2 Å². The first-order valence-corrected chi connectivity index (χ1v) is 11.4. The number of halogens is 1. The van der Waals surface area contributed by atoms with E-state index >= 15 is 0 Å². The molecule has 0 bridgehead atoms. The van der Waals surface area contributed by atoms with Gasteiger partial charge in [0, 0.05) is 35.5 Å². The van der Waals surface area contributed by atoms with Crippen LogP contribution in [0.4, 0.5) is 4.39 Å². The molecule has 35 heavy (non-hydrogen) atoms. The van der Waals surface area contributed by atoms with Crippen LogP contribution in [0.2, 0.25) is 0 Å². The largest absolute Gasteiger partial charge is 0.337 e. The molecule has 172 valence electrons. The Kier molecular flexibility index (Phi) is 5.27. The van der Waals surface area contributed by atoms with E-state index in [1.54, 1.807) is 18.3 Å². The van der Waals surface area contributed by atoms with Gasteiger partial charge in [-0.15, -0.1) is 0 Å². The van der Waals surface area contributed by atoms with E-state index in [2.05, 4.69) is 43.5 Å². The van der Waals surface area contributed by atoms with E-state index in [1.165, 1.54) is 12.1 Å². The Balaban J connectivity index is 1.43. The Morgan fingerprint density at radius 1 is 0.943 bits per heavy atom. The number of rotatable bonds is 6. The minimum atomic E-state index is -0.265. The SMILES string of the molecule is CCNCc1cncc(-c2cc3c(-c4nc5c(-c6ccc(F)cc6)cccc5[nH]4)n[nH]c3cn2)c1. The molecule has 4 heterocycles. The Morgan fingerprint density at radius 3 is 2.69 bits per heavy atom. The summed E-state index contributed by atoms with van der Waals surface area (Å²) in [6.45, 7) is 3.73. The molecule has 0 aliphatic carbocycles. The first-order valence-electron chi connectivity index (χ1n) is 11.4. The van der Waals surface area contributed by atoms with Crippen molar-refractivity contribution in [3.8, 4) is 33.9 Å². The highest BCUT2D eigenvalue weighted by molar-refractivity contribution is 5.97. The van der Waals surface area contributed by atoms with Crippen molar-refractivity contribution in [2.75, 3.05) is 6.54 Å². The summed E-state index contributed by atoms with van der Waals surface area (Å²) in [5, 5.41) is 11.8. The third-order valence-corrected chi connectivity index (χ3v) is 6.01. The minimum Gasteiger partial charge on any atom is -0.337 e. The second kappa shape index (κ2) is 8.73. The smallest absolute Gasteiger partial charge is 0.159 e. The van der Waals surface area contributed by atoms with Gasteiger partial charge in [0.25, 0.3) is 0 Å². The van der Waals surface area contributed by atoms with Crippen LogP contribution in [0.25, 0.3) is 55.8 Å². The summed E-state index contributed by atoms with van der Waals surface area (Å²) in [6.07, 6.45) is 5.46. The summed E-state index contributed by atoms with van der Waals surface area (Å²) in [6, 6.07) is 16.5. The molecule has 0 aliphatic rings. The maximum atomic E-state index is 13.4. The van der Waals surface area contributed by atoms with Crippen molar-refractivity contribution in [1.82, 2.24) is 35.5 Å². The maximum Gasteiger partial charge on any atom is 0.159 e. The Hall–Kier alpha value is -4.43. The average molecular weight is 464 g/mol. The van der Waals surface area contributed by atoms with Gasteiger partial charge in [0.2, 0.25) is 0 Å². The molecule has 4 aromatic heterocycles. The zero-order valence-corrected chi connectivity index (χ0v) is 19.0. The molecule has 3 N–H and O–H groups in total. The third kappa shape index (κ3) is 3.94. The number of fused-ring (bicyclic) bond motifs is 2. The van der Waals surface area contributed by atoms with Gasteiger partial charge in [-0.3, -0.25) is 15.1 Å². The summed E-state index contributed by atoms with van der Waals surface area (Å²) in [5.74, 6) is 0.385. The predicted molar refractivity (Wildman–Crippen MR) is 135 cm³/mol. The average Bonchev–Trinajstić information content (AvgIpc) is 3.51. The van der Waals surface area contributed by atoms with Crippen LogP contribution in [0.5, 0.6) is 0 Å². The van der Waals surface area contributed by atoms with Crippen LogP contribution in [0.15, 0.2) is 73.2 Å². The molecule has 0 saturated carbocycles. The van der Waals surface area contributed by atoms with Gasteiger partial charge in [-0.1, -0.05) is 31.2 Å². The summed E-state index contributed by atoms with van der Waals surface area (Å²) in [5.41, 5.74) is 7.90. The van der Waals surface area contributed by atoms with Gasteiger partial charge in [0.15, 0.2) is 5.82 Å². The van der Waals surface area contributed by atoms with Crippen LogP contribution in [0, 0.1) is 5.82 Å². The van der Waals surface area contributed by atoms with E-state index in [4.69, 9.17) is 4.98 Å². The zero-order chi connectivity index (χ0) is 23.8. The van der Waals surface area contributed by atoms with E-state index in [0.29, 0.717) is 11.5 Å². The molecule has 0 spiro atoms. The first kappa shape index (κ1) is 21.1. The van der Waals surface area contributed by atoms with E-state index < -0.39 is 0 Å². The summed E-state index contributed by atoms with van der Waals surface area (Å²) < 4.78 is 13.4. The molecule has 0 radical (unpaired) electrons. The summed E-state index contributed by atoms with van der Waals surface area (Å²) in [7, 11) is 0. The van der Waals surface area contributed by atoms with Crippen molar-refractivity contribution < 1.29 is 4.39 Å². The molecule has 2 aromatic carbocycles. The lowest BCUT2D eigenvalue weighted by molar-refractivity contribution is 0.628. The Bertz CT molecular complexity index is 1650. The predicted octanol–water partition coefficient (Wildman–Crippen LogP) is 5.48. The van der Waals surface area contributed by atoms with Gasteiger partial charge in [0.1, 0.15) is 11.5 Å². The van der Waals surface area contributed by atoms with Crippen LogP contribution in [-0.4, -0.2) is 36.7 Å². The molecule has 0 fully saturated rings. The molecule has 0 amide bonds. The molecule has 7 nitrogen and oxygen atoms in total. The number of benzene rings is 2. The van der Waals surface area contributed by atoms with Crippen molar-refractivity contribution in [1.29, 1.82) is 0 Å². The number of pyridine rings is 2. The number of aromatic nitrogens is 6. The molecule has 6 aromatic rings. The lowest BCUT2D eigenvalue weighted by Crippen LogP contribution is -2.11. The second-order valence-electron chi connectivity index (χ2n) is 8.34. The molecule has 0 saturated heterocycles.